The van der Waals surface area contributed by atoms with Crippen LogP contribution < -0.4 is 0 Å². The third-order valence-electron chi connectivity index (χ3n) is 1.99. The van der Waals surface area contributed by atoms with Crippen LogP contribution in [0.3, 0.4) is 0 Å². The zero-order chi connectivity index (χ0) is 11.0. The molecular formula is C10H4BrClFNO. The number of halogens is 3. The average Bonchev–Trinajstić information content (AvgIpc) is 2.24. The monoisotopic (exact) mass is 287 g/mol. The first-order valence-electron chi connectivity index (χ1n) is 4.03. The molecule has 0 aliphatic heterocycles. The first kappa shape index (κ1) is 10.5. The number of carbonyl (C=O) groups excluding carboxylic acids is 1. The molecule has 1 heterocycles. The Morgan fingerprint density at radius 2 is 2.20 bits per heavy atom. The molecule has 76 valence electrons. The molecule has 2 rings (SSSR count). The molecule has 0 aliphatic rings. The van der Waals surface area contributed by atoms with Gasteiger partial charge in [0, 0.05) is 5.39 Å². The first-order chi connectivity index (χ1) is 7.13. The molecule has 1 aromatic heterocycles. The van der Waals surface area contributed by atoms with E-state index in [0.29, 0.717) is 16.1 Å². The van der Waals surface area contributed by atoms with Crippen LogP contribution in [0.5, 0.6) is 0 Å². The standard InChI is InChI=1S/C10H4BrClFNO/c11-7-2-1-5-3-6(4-15)10(12)14-9(5)8(7)13/h1-4H. The lowest BCUT2D eigenvalue weighted by Gasteiger charge is -2.02. The molecule has 0 bridgehead atoms. The van der Waals surface area contributed by atoms with Gasteiger partial charge in [0.15, 0.2) is 12.1 Å². The van der Waals surface area contributed by atoms with Crippen molar-refractivity contribution in [3.8, 4) is 0 Å². The van der Waals surface area contributed by atoms with Gasteiger partial charge in [0.05, 0.1) is 10.0 Å². The SMILES string of the molecule is O=Cc1cc2ccc(Br)c(F)c2nc1Cl. The molecule has 5 heteroatoms. The van der Waals surface area contributed by atoms with Gasteiger partial charge in [0.1, 0.15) is 10.7 Å². The Bertz CT molecular complexity index is 559. The van der Waals surface area contributed by atoms with Crippen molar-refractivity contribution in [2.45, 2.75) is 0 Å². The molecule has 2 nitrogen and oxygen atoms in total. The number of fused-ring (bicyclic) bond motifs is 1. The maximum Gasteiger partial charge on any atom is 0.163 e. The van der Waals surface area contributed by atoms with Gasteiger partial charge in [-0.15, -0.1) is 0 Å². The summed E-state index contributed by atoms with van der Waals surface area (Å²) in [7, 11) is 0. The fourth-order valence-corrected chi connectivity index (χ4v) is 1.76. The number of aldehydes is 1. The topological polar surface area (TPSA) is 30.0 Å². The molecular weight excluding hydrogens is 284 g/mol. The summed E-state index contributed by atoms with van der Waals surface area (Å²) in [6, 6.07) is 4.73. The van der Waals surface area contributed by atoms with Gasteiger partial charge in [0.2, 0.25) is 0 Å². The van der Waals surface area contributed by atoms with Crippen molar-refractivity contribution in [1.29, 1.82) is 0 Å². The Kier molecular flexibility index (Phi) is 2.71. The number of nitrogens with zero attached hydrogens (tertiary/aromatic N) is 1. The summed E-state index contributed by atoms with van der Waals surface area (Å²) in [5.41, 5.74) is 0.408. The largest absolute Gasteiger partial charge is 0.298 e. The Morgan fingerprint density at radius 1 is 1.47 bits per heavy atom. The fourth-order valence-electron chi connectivity index (χ4n) is 1.26. The van der Waals surface area contributed by atoms with Crippen LogP contribution in [0.2, 0.25) is 5.15 Å². The zero-order valence-corrected chi connectivity index (χ0v) is 9.64. The highest BCUT2D eigenvalue weighted by atomic mass is 79.9. The second kappa shape index (κ2) is 3.87. The quantitative estimate of drug-likeness (QED) is 0.593. The number of hydrogen-bond donors (Lipinski definition) is 0. The van der Waals surface area contributed by atoms with Gasteiger partial charge in [-0.3, -0.25) is 4.79 Å². The van der Waals surface area contributed by atoms with Gasteiger partial charge in [-0.05, 0) is 28.1 Å². The number of benzene rings is 1. The van der Waals surface area contributed by atoms with E-state index in [1.54, 1.807) is 12.1 Å². The van der Waals surface area contributed by atoms with Crippen molar-refractivity contribution < 1.29 is 9.18 Å². The Labute approximate surface area is 98.2 Å². The molecule has 2 aromatic rings. The zero-order valence-electron chi connectivity index (χ0n) is 7.30. The van der Waals surface area contributed by atoms with Crippen molar-refractivity contribution in [2.24, 2.45) is 0 Å². The van der Waals surface area contributed by atoms with Crippen molar-refractivity contribution in [1.82, 2.24) is 4.98 Å². The Morgan fingerprint density at radius 3 is 2.87 bits per heavy atom. The molecule has 0 saturated heterocycles. The highest BCUT2D eigenvalue weighted by Crippen LogP contribution is 2.26. The van der Waals surface area contributed by atoms with E-state index in [1.807, 2.05) is 0 Å². The molecule has 15 heavy (non-hydrogen) atoms. The summed E-state index contributed by atoms with van der Waals surface area (Å²) >= 11 is 8.75. The second-order valence-corrected chi connectivity index (χ2v) is 4.13. The molecule has 0 amide bonds. The van der Waals surface area contributed by atoms with E-state index >= 15 is 0 Å². The van der Waals surface area contributed by atoms with Crippen molar-refractivity contribution >= 4 is 44.7 Å². The van der Waals surface area contributed by atoms with Crippen LogP contribution in [0, 0.1) is 5.82 Å². The molecule has 0 N–H and O–H groups in total. The van der Waals surface area contributed by atoms with Gasteiger partial charge in [-0.2, -0.15) is 0 Å². The minimum Gasteiger partial charge on any atom is -0.298 e. The van der Waals surface area contributed by atoms with Gasteiger partial charge in [-0.25, -0.2) is 9.37 Å². The van der Waals surface area contributed by atoms with Crippen LogP contribution >= 0.6 is 27.5 Å². The van der Waals surface area contributed by atoms with E-state index in [9.17, 15) is 9.18 Å². The number of pyridine rings is 1. The lowest BCUT2D eigenvalue weighted by molar-refractivity contribution is 0.112. The lowest BCUT2D eigenvalue weighted by atomic mass is 10.1. The maximum atomic E-state index is 13.6. The minimum absolute atomic E-state index is 0.00880. The molecule has 1 aromatic carbocycles. The van der Waals surface area contributed by atoms with E-state index in [4.69, 9.17) is 11.6 Å². The molecule has 0 atom stereocenters. The third kappa shape index (κ3) is 1.75. The van der Waals surface area contributed by atoms with E-state index in [0.717, 1.165) is 0 Å². The summed E-state index contributed by atoms with van der Waals surface area (Å²) in [5, 5.41) is 0.553. The van der Waals surface area contributed by atoms with Crippen LogP contribution in [-0.2, 0) is 0 Å². The van der Waals surface area contributed by atoms with Crippen molar-refractivity contribution in [3.05, 3.63) is 39.2 Å². The van der Waals surface area contributed by atoms with Gasteiger partial charge < -0.3 is 0 Å². The summed E-state index contributed by atoms with van der Waals surface area (Å²) in [6.45, 7) is 0. The second-order valence-electron chi connectivity index (χ2n) is 2.92. The normalized spacial score (nSPS) is 10.6. The average molecular weight is 289 g/mol. The Balaban J connectivity index is 2.87. The third-order valence-corrected chi connectivity index (χ3v) is 2.90. The van der Waals surface area contributed by atoms with Crippen LogP contribution in [0.25, 0.3) is 10.9 Å². The highest BCUT2D eigenvalue weighted by Gasteiger charge is 2.10. The van der Waals surface area contributed by atoms with Crippen LogP contribution in [-0.4, -0.2) is 11.3 Å². The first-order valence-corrected chi connectivity index (χ1v) is 5.20. The predicted octanol–water partition coefficient (Wildman–Crippen LogP) is 3.60. The molecule has 0 aliphatic carbocycles. The fraction of sp³-hybridized carbons (Fsp3) is 0. The number of aromatic nitrogens is 1. The molecule has 0 spiro atoms. The number of rotatable bonds is 1. The molecule has 0 unspecified atom stereocenters. The number of hydrogen-bond acceptors (Lipinski definition) is 2. The van der Waals surface area contributed by atoms with Crippen LogP contribution in [0.4, 0.5) is 4.39 Å². The van der Waals surface area contributed by atoms with E-state index < -0.39 is 5.82 Å². The van der Waals surface area contributed by atoms with Crippen LogP contribution in [0.15, 0.2) is 22.7 Å². The van der Waals surface area contributed by atoms with Gasteiger partial charge in [-0.1, -0.05) is 17.7 Å². The highest BCUT2D eigenvalue weighted by molar-refractivity contribution is 9.10. The number of carbonyl (C=O) groups is 1. The summed E-state index contributed by atoms with van der Waals surface area (Å²) in [5.74, 6) is -0.480. The smallest absolute Gasteiger partial charge is 0.163 e. The van der Waals surface area contributed by atoms with Gasteiger partial charge in [0.25, 0.3) is 0 Å². The molecule has 0 fully saturated rings. The van der Waals surface area contributed by atoms with E-state index in [-0.39, 0.29) is 16.2 Å². The van der Waals surface area contributed by atoms with Crippen molar-refractivity contribution in [2.75, 3.05) is 0 Å². The summed E-state index contributed by atoms with van der Waals surface area (Å²) in [4.78, 5) is 14.4. The maximum absolute atomic E-state index is 13.6. The Hall–Kier alpha value is -1.00. The van der Waals surface area contributed by atoms with Crippen LogP contribution in [0.1, 0.15) is 10.4 Å². The molecule has 0 saturated carbocycles. The minimum atomic E-state index is -0.480. The van der Waals surface area contributed by atoms with E-state index in [2.05, 4.69) is 20.9 Å². The summed E-state index contributed by atoms with van der Waals surface area (Å²) in [6.07, 6.45) is 0.592. The van der Waals surface area contributed by atoms with Crippen molar-refractivity contribution in [3.63, 3.8) is 0 Å². The predicted molar refractivity (Wildman–Crippen MR) is 59.8 cm³/mol. The molecule has 0 radical (unpaired) electrons. The van der Waals surface area contributed by atoms with E-state index in [1.165, 1.54) is 6.07 Å². The summed E-state index contributed by atoms with van der Waals surface area (Å²) < 4.78 is 13.9. The van der Waals surface area contributed by atoms with Gasteiger partial charge >= 0.3 is 0 Å². The lowest BCUT2D eigenvalue weighted by Crippen LogP contribution is -1.91.